The lowest BCUT2D eigenvalue weighted by Gasteiger charge is -2.03. The molecule has 0 fully saturated rings. The molecule has 2 aromatic rings. The highest BCUT2D eigenvalue weighted by molar-refractivity contribution is 7.99. The van der Waals surface area contributed by atoms with Gasteiger partial charge in [-0.05, 0) is 36.8 Å². The van der Waals surface area contributed by atoms with E-state index >= 15 is 0 Å². The summed E-state index contributed by atoms with van der Waals surface area (Å²) < 4.78 is 0. The predicted molar refractivity (Wildman–Crippen MR) is 70.2 cm³/mol. The number of aliphatic hydroxyl groups excluding tert-OH is 1. The summed E-state index contributed by atoms with van der Waals surface area (Å²) >= 11 is 1.51. The van der Waals surface area contributed by atoms with Gasteiger partial charge in [0, 0.05) is 10.6 Å². The maximum absolute atomic E-state index is 8.97. The van der Waals surface area contributed by atoms with Gasteiger partial charge < -0.3 is 5.11 Å². The molecule has 2 rings (SSSR count). The molecule has 90 valence electrons. The summed E-state index contributed by atoms with van der Waals surface area (Å²) in [5.74, 6) is 0. The van der Waals surface area contributed by atoms with Crippen molar-refractivity contribution in [1.82, 2.24) is 4.98 Å². The molecule has 0 saturated carbocycles. The average molecular weight is 256 g/mol. The first-order valence-corrected chi connectivity index (χ1v) is 6.29. The Morgan fingerprint density at radius 3 is 2.61 bits per heavy atom. The highest BCUT2D eigenvalue weighted by atomic mass is 32.2. The van der Waals surface area contributed by atoms with Gasteiger partial charge in [0.05, 0.1) is 18.2 Å². The fourth-order valence-electron chi connectivity index (χ4n) is 1.54. The lowest BCUT2D eigenvalue weighted by molar-refractivity contribution is 0.282. The number of hydrogen-bond donors (Lipinski definition) is 1. The van der Waals surface area contributed by atoms with Crippen LogP contribution in [0.4, 0.5) is 0 Å². The fourth-order valence-corrected chi connectivity index (χ4v) is 2.43. The Morgan fingerprint density at radius 1 is 1.28 bits per heavy atom. The minimum Gasteiger partial charge on any atom is -0.392 e. The SMILES string of the molecule is Cc1cc(C#N)cc(Sc2ccc(CO)cc2)n1. The molecule has 1 aromatic heterocycles. The Hall–Kier alpha value is -1.83. The van der Waals surface area contributed by atoms with E-state index in [1.165, 1.54) is 11.8 Å². The van der Waals surface area contributed by atoms with Crippen LogP contribution in [0.15, 0.2) is 46.3 Å². The van der Waals surface area contributed by atoms with Gasteiger partial charge in [-0.2, -0.15) is 5.26 Å². The third-order valence-corrected chi connectivity index (χ3v) is 3.31. The van der Waals surface area contributed by atoms with Crippen molar-refractivity contribution in [2.75, 3.05) is 0 Å². The maximum Gasteiger partial charge on any atom is 0.102 e. The van der Waals surface area contributed by atoms with Crippen molar-refractivity contribution in [2.45, 2.75) is 23.5 Å². The molecule has 0 aliphatic heterocycles. The van der Waals surface area contributed by atoms with E-state index in [1.807, 2.05) is 31.2 Å². The van der Waals surface area contributed by atoms with Crippen LogP contribution in [-0.4, -0.2) is 10.1 Å². The Labute approximate surface area is 110 Å². The molecule has 0 saturated heterocycles. The molecule has 0 unspecified atom stereocenters. The van der Waals surface area contributed by atoms with E-state index in [9.17, 15) is 0 Å². The molecule has 1 heterocycles. The van der Waals surface area contributed by atoms with Crippen molar-refractivity contribution >= 4 is 11.8 Å². The van der Waals surface area contributed by atoms with Gasteiger partial charge in [-0.1, -0.05) is 23.9 Å². The summed E-state index contributed by atoms with van der Waals surface area (Å²) in [5.41, 5.74) is 2.34. The molecule has 3 nitrogen and oxygen atoms in total. The zero-order chi connectivity index (χ0) is 13.0. The molecule has 0 amide bonds. The summed E-state index contributed by atoms with van der Waals surface area (Å²) in [4.78, 5) is 5.42. The lowest BCUT2D eigenvalue weighted by Crippen LogP contribution is -1.88. The highest BCUT2D eigenvalue weighted by Gasteiger charge is 2.02. The highest BCUT2D eigenvalue weighted by Crippen LogP contribution is 2.27. The number of nitriles is 1. The minimum absolute atomic E-state index is 0.0478. The van der Waals surface area contributed by atoms with Crippen LogP contribution >= 0.6 is 11.8 Å². The van der Waals surface area contributed by atoms with Crippen molar-refractivity contribution in [1.29, 1.82) is 5.26 Å². The Bertz CT molecular complexity index is 588. The fraction of sp³-hybridized carbons (Fsp3) is 0.143. The summed E-state index contributed by atoms with van der Waals surface area (Å²) in [5, 5.41) is 18.7. The molecular formula is C14H12N2OS. The molecule has 0 aliphatic carbocycles. The van der Waals surface area contributed by atoms with Crippen molar-refractivity contribution in [3.05, 3.63) is 53.2 Å². The number of aliphatic hydroxyl groups is 1. The Morgan fingerprint density at radius 2 is 2.00 bits per heavy atom. The number of pyridine rings is 1. The Kier molecular flexibility index (Phi) is 3.98. The number of aromatic nitrogens is 1. The third kappa shape index (κ3) is 3.10. The standard InChI is InChI=1S/C14H12N2OS/c1-10-6-12(8-15)7-14(16-10)18-13-4-2-11(9-17)3-5-13/h2-7,17H,9H2,1H3. The van der Waals surface area contributed by atoms with Gasteiger partial charge in [0.2, 0.25) is 0 Å². The van der Waals surface area contributed by atoms with Crippen LogP contribution in [0.25, 0.3) is 0 Å². The summed E-state index contributed by atoms with van der Waals surface area (Å²) in [7, 11) is 0. The molecular weight excluding hydrogens is 244 g/mol. The molecule has 0 radical (unpaired) electrons. The van der Waals surface area contributed by atoms with Gasteiger partial charge >= 0.3 is 0 Å². The molecule has 4 heteroatoms. The van der Waals surface area contributed by atoms with Crippen LogP contribution < -0.4 is 0 Å². The van der Waals surface area contributed by atoms with E-state index in [-0.39, 0.29) is 6.61 Å². The van der Waals surface area contributed by atoms with Crippen LogP contribution in [-0.2, 0) is 6.61 Å². The first-order chi connectivity index (χ1) is 8.71. The van der Waals surface area contributed by atoms with E-state index in [2.05, 4.69) is 11.1 Å². The first-order valence-electron chi connectivity index (χ1n) is 5.47. The quantitative estimate of drug-likeness (QED) is 0.917. The van der Waals surface area contributed by atoms with Crippen molar-refractivity contribution in [3.8, 4) is 6.07 Å². The lowest BCUT2D eigenvalue weighted by atomic mass is 10.2. The van der Waals surface area contributed by atoms with Crippen LogP contribution in [0.5, 0.6) is 0 Å². The summed E-state index contributed by atoms with van der Waals surface area (Å²) in [6, 6.07) is 13.3. The number of rotatable bonds is 3. The molecule has 1 N–H and O–H groups in total. The zero-order valence-electron chi connectivity index (χ0n) is 9.92. The van der Waals surface area contributed by atoms with E-state index in [1.54, 1.807) is 12.1 Å². The summed E-state index contributed by atoms with van der Waals surface area (Å²) in [6.45, 7) is 1.92. The molecule has 0 atom stereocenters. The number of benzene rings is 1. The molecule has 0 bridgehead atoms. The van der Waals surface area contributed by atoms with Gasteiger partial charge in [0.15, 0.2) is 0 Å². The smallest absolute Gasteiger partial charge is 0.102 e. The van der Waals surface area contributed by atoms with E-state index in [0.717, 1.165) is 21.2 Å². The van der Waals surface area contributed by atoms with Crippen LogP contribution in [0, 0.1) is 18.3 Å². The van der Waals surface area contributed by atoms with Gasteiger partial charge in [0.25, 0.3) is 0 Å². The van der Waals surface area contributed by atoms with E-state index in [0.29, 0.717) is 5.56 Å². The third-order valence-electron chi connectivity index (χ3n) is 2.39. The molecule has 18 heavy (non-hydrogen) atoms. The van der Waals surface area contributed by atoms with Gasteiger partial charge in [-0.25, -0.2) is 4.98 Å². The second kappa shape index (κ2) is 5.67. The maximum atomic E-state index is 8.97. The molecule has 0 spiro atoms. The minimum atomic E-state index is 0.0478. The van der Waals surface area contributed by atoms with Crippen LogP contribution in [0.3, 0.4) is 0 Å². The van der Waals surface area contributed by atoms with Crippen molar-refractivity contribution < 1.29 is 5.11 Å². The topological polar surface area (TPSA) is 56.9 Å². The molecule has 1 aromatic carbocycles. The number of aryl methyl sites for hydroxylation is 1. The van der Waals surface area contributed by atoms with E-state index in [4.69, 9.17) is 10.4 Å². The van der Waals surface area contributed by atoms with Crippen molar-refractivity contribution in [3.63, 3.8) is 0 Å². The van der Waals surface area contributed by atoms with Gasteiger partial charge in [0.1, 0.15) is 5.03 Å². The second-order valence-corrected chi connectivity index (χ2v) is 4.95. The monoisotopic (exact) mass is 256 g/mol. The van der Waals surface area contributed by atoms with Crippen LogP contribution in [0.2, 0.25) is 0 Å². The average Bonchev–Trinajstić information content (AvgIpc) is 2.39. The first kappa shape index (κ1) is 12.6. The number of hydrogen-bond acceptors (Lipinski definition) is 4. The largest absolute Gasteiger partial charge is 0.392 e. The zero-order valence-corrected chi connectivity index (χ0v) is 10.7. The normalized spacial score (nSPS) is 10.1. The van der Waals surface area contributed by atoms with E-state index < -0.39 is 0 Å². The Balaban J connectivity index is 2.22. The summed E-state index contributed by atoms with van der Waals surface area (Å²) in [6.07, 6.45) is 0. The number of nitrogens with zero attached hydrogens (tertiary/aromatic N) is 2. The molecule has 0 aliphatic rings. The predicted octanol–water partition coefficient (Wildman–Crippen LogP) is 2.91. The van der Waals surface area contributed by atoms with Gasteiger partial charge in [-0.3, -0.25) is 0 Å². The van der Waals surface area contributed by atoms with Crippen LogP contribution in [0.1, 0.15) is 16.8 Å². The second-order valence-electron chi connectivity index (χ2n) is 3.85. The van der Waals surface area contributed by atoms with Gasteiger partial charge in [-0.15, -0.1) is 0 Å². The van der Waals surface area contributed by atoms with Crippen molar-refractivity contribution in [2.24, 2.45) is 0 Å².